The molecular formula is C42H54N6O2. The van der Waals surface area contributed by atoms with Crippen LogP contribution in [-0.4, -0.2) is 40.9 Å². The number of benzene rings is 3. The van der Waals surface area contributed by atoms with Gasteiger partial charge in [-0.2, -0.15) is 0 Å². The molecule has 0 bridgehead atoms. The molecule has 264 valence electrons. The first-order valence-electron chi connectivity index (χ1n) is 17.7. The van der Waals surface area contributed by atoms with Crippen molar-refractivity contribution in [3.05, 3.63) is 90.5 Å². The van der Waals surface area contributed by atoms with Crippen LogP contribution in [0.4, 0.5) is 0 Å². The summed E-state index contributed by atoms with van der Waals surface area (Å²) in [5.41, 5.74) is 5.26. The van der Waals surface area contributed by atoms with Gasteiger partial charge in [0.05, 0.1) is 0 Å². The van der Waals surface area contributed by atoms with Gasteiger partial charge in [0.15, 0.2) is 5.78 Å². The highest BCUT2D eigenvalue weighted by molar-refractivity contribution is 6.14. The zero-order valence-electron chi connectivity index (χ0n) is 31.6. The van der Waals surface area contributed by atoms with Crippen LogP contribution in [0, 0.1) is 22.2 Å². The summed E-state index contributed by atoms with van der Waals surface area (Å²) < 4.78 is 0. The standard InChI is InChI=1S/C42H54N6O2/c1-12-29(41(8,9)26-39(2,3)4)24-35(47-43-31-17-13-14-18-32(31)44-47)37(49)22-21-28-23-30(42(10,11)27-40(5,6)7)25-36(38(28)50)48-45-33-19-15-16-20-34(33)46-48/h12-20,23-25,29,50H,1,21-22,26-27H2,2-11H3/b35-24+. The summed E-state index contributed by atoms with van der Waals surface area (Å²) >= 11 is 0. The number of aromatic nitrogens is 6. The average molecular weight is 675 g/mol. The number of aromatic hydroxyl groups is 1. The van der Waals surface area contributed by atoms with Gasteiger partial charge in [-0.05, 0) is 88.5 Å². The number of phenolic OH excluding ortho intramolecular Hbond substituents is 1. The molecule has 0 fully saturated rings. The maximum atomic E-state index is 14.4. The van der Waals surface area contributed by atoms with Crippen LogP contribution in [0.2, 0.25) is 0 Å². The molecule has 1 unspecified atom stereocenters. The van der Waals surface area contributed by atoms with E-state index in [2.05, 4.69) is 75.8 Å². The Balaban J connectivity index is 1.57. The summed E-state index contributed by atoms with van der Waals surface area (Å²) in [7, 11) is 0. The Hall–Kier alpha value is -4.59. The maximum Gasteiger partial charge on any atom is 0.183 e. The number of ketones is 1. The smallest absolute Gasteiger partial charge is 0.183 e. The van der Waals surface area contributed by atoms with Crippen molar-refractivity contribution >= 4 is 33.5 Å². The molecular weight excluding hydrogens is 621 g/mol. The highest BCUT2D eigenvalue weighted by Gasteiger charge is 2.33. The van der Waals surface area contributed by atoms with Gasteiger partial charge in [-0.3, -0.25) is 4.79 Å². The molecule has 0 aliphatic heterocycles. The van der Waals surface area contributed by atoms with Gasteiger partial charge in [0, 0.05) is 12.3 Å². The predicted molar refractivity (Wildman–Crippen MR) is 204 cm³/mol. The first-order valence-corrected chi connectivity index (χ1v) is 17.7. The van der Waals surface area contributed by atoms with Crippen LogP contribution < -0.4 is 0 Å². The van der Waals surface area contributed by atoms with Crippen molar-refractivity contribution in [3.63, 3.8) is 0 Å². The molecule has 2 heterocycles. The number of aryl methyl sites for hydroxylation is 1. The minimum Gasteiger partial charge on any atom is -0.505 e. The second-order valence-corrected chi connectivity index (χ2v) is 17.5. The van der Waals surface area contributed by atoms with Crippen molar-refractivity contribution in [1.82, 2.24) is 30.0 Å². The zero-order valence-corrected chi connectivity index (χ0v) is 31.6. The number of carbonyl (C=O) groups is 1. The highest BCUT2D eigenvalue weighted by Crippen LogP contribution is 2.42. The fourth-order valence-electron chi connectivity index (χ4n) is 7.69. The Kier molecular flexibility index (Phi) is 9.99. The quantitative estimate of drug-likeness (QED) is 0.104. The van der Waals surface area contributed by atoms with E-state index in [-0.39, 0.29) is 45.5 Å². The third-order valence-corrected chi connectivity index (χ3v) is 9.31. The predicted octanol–water partition coefficient (Wildman–Crippen LogP) is 9.89. The average Bonchev–Trinajstić information content (AvgIpc) is 3.62. The first kappa shape index (κ1) is 36.7. The van der Waals surface area contributed by atoms with E-state index < -0.39 is 0 Å². The molecule has 0 amide bonds. The summed E-state index contributed by atoms with van der Waals surface area (Å²) in [6.45, 7) is 26.4. The second kappa shape index (κ2) is 13.6. The van der Waals surface area contributed by atoms with Gasteiger partial charge in [-0.15, -0.1) is 36.6 Å². The van der Waals surface area contributed by atoms with Crippen molar-refractivity contribution in [3.8, 4) is 11.4 Å². The van der Waals surface area contributed by atoms with Gasteiger partial charge < -0.3 is 5.11 Å². The first-order chi connectivity index (χ1) is 23.3. The lowest BCUT2D eigenvalue weighted by Gasteiger charge is -2.36. The summed E-state index contributed by atoms with van der Waals surface area (Å²) in [5.74, 6) is -0.166. The monoisotopic (exact) mass is 674 g/mol. The number of Topliss-reactive ketones (excluding diaryl/α,β-unsaturated/α-hetero) is 1. The number of phenols is 1. The van der Waals surface area contributed by atoms with Gasteiger partial charge in [-0.25, -0.2) is 0 Å². The van der Waals surface area contributed by atoms with E-state index in [9.17, 15) is 9.90 Å². The van der Waals surface area contributed by atoms with Crippen molar-refractivity contribution in [2.24, 2.45) is 22.2 Å². The number of carbonyl (C=O) groups excluding carboxylic acids is 1. The molecule has 0 saturated carbocycles. The summed E-state index contributed by atoms with van der Waals surface area (Å²) in [6, 6.07) is 19.3. The molecule has 8 heteroatoms. The zero-order chi connectivity index (χ0) is 36.6. The molecule has 0 aliphatic rings. The van der Waals surface area contributed by atoms with E-state index in [4.69, 9.17) is 20.4 Å². The van der Waals surface area contributed by atoms with Crippen LogP contribution in [0.15, 0.2) is 79.4 Å². The number of rotatable bonds is 12. The molecule has 1 atom stereocenters. The lowest BCUT2D eigenvalue weighted by molar-refractivity contribution is -0.114. The van der Waals surface area contributed by atoms with Gasteiger partial charge in [0.1, 0.15) is 39.2 Å². The maximum absolute atomic E-state index is 14.4. The Bertz CT molecular complexity index is 1980. The SMILES string of the molecule is C=CC(/C=C(\C(=O)CCc1cc(C(C)(C)CC(C)(C)C)cc(-n2nc3ccccc3n2)c1O)n1nc2ccccc2n1)C(C)(C)CC(C)(C)C. The Morgan fingerprint density at radius 2 is 1.28 bits per heavy atom. The van der Waals surface area contributed by atoms with E-state index in [1.165, 1.54) is 9.59 Å². The van der Waals surface area contributed by atoms with Crippen LogP contribution in [0.25, 0.3) is 33.5 Å². The number of hydrogen-bond acceptors (Lipinski definition) is 6. The molecule has 5 aromatic rings. The molecule has 1 N–H and O–H groups in total. The number of fused-ring (bicyclic) bond motifs is 2. The molecule has 3 aromatic carbocycles. The van der Waals surface area contributed by atoms with Gasteiger partial charge >= 0.3 is 0 Å². The van der Waals surface area contributed by atoms with Crippen molar-refractivity contribution in [2.45, 2.75) is 100 Å². The van der Waals surface area contributed by atoms with Gasteiger partial charge in [0.2, 0.25) is 0 Å². The second-order valence-electron chi connectivity index (χ2n) is 17.5. The van der Waals surface area contributed by atoms with Crippen LogP contribution in [0.5, 0.6) is 5.75 Å². The van der Waals surface area contributed by atoms with Crippen LogP contribution in [0.1, 0.15) is 99.6 Å². The lowest BCUT2D eigenvalue weighted by atomic mass is 9.68. The minimum atomic E-state index is -0.230. The highest BCUT2D eigenvalue weighted by atomic mass is 16.3. The Morgan fingerprint density at radius 1 is 0.780 bits per heavy atom. The number of allylic oxidation sites excluding steroid dienone is 3. The van der Waals surface area contributed by atoms with Crippen molar-refractivity contribution < 1.29 is 9.90 Å². The van der Waals surface area contributed by atoms with Gasteiger partial charge in [0.25, 0.3) is 0 Å². The summed E-state index contributed by atoms with van der Waals surface area (Å²) in [6.07, 6.45) is 6.18. The van der Waals surface area contributed by atoms with E-state index in [0.29, 0.717) is 34.4 Å². The van der Waals surface area contributed by atoms with Crippen LogP contribution >= 0.6 is 0 Å². The third-order valence-electron chi connectivity index (χ3n) is 9.31. The van der Waals surface area contributed by atoms with E-state index in [1.807, 2.05) is 72.8 Å². The molecule has 0 aliphatic carbocycles. The Labute approximate surface area is 297 Å². The Morgan fingerprint density at radius 3 is 1.76 bits per heavy atom. The normalized spacial score (nSPS) is 14.0. The lowest BCUT2D eigenvalue weighted by Crippen LogP contribution is -2.28. The number of hydrogen-bond donors (Lipinski definition) is 1. The summed E-state index contributed by atoms with van der Waals surface area (Å²) in [4.78, 5) is 17.4. The van der Waals surface area contributed by atoms with E-state index in [1.54, 1.807) is 0 Å². The molecule has 0 spiro atoms. The topological polar surface area (TPSA) is 98.7 Å². The summed E-state index contributed by atoms with van der Waals surface area (Å²) in [5, 5.41) is 30.6. The molecule has 8 nitrogen and oxygen atoms in total. The largest absolute Gasteiger partial charge is 0.505 e. The van der Waals surface area contributed by atoms with Crippen molar-refractivity contribution in [1.29, 1.82) is 0 Å². The fourth-order valence-corrected chi connectivity index (χ4v) is 7.69. The van der Waals surface area contributed by atoms with Crippen LogP contribution in [0.3, 0.4) is 0 Å². The fraction of sp³-hybridized carbons (Fsp3) is 0.452. The van der Waals surface area contributed by atoms with Crippen molar-refractivity contribution in [2.75, 3.05) is 0 Å². The molecule has 2 aromatic heterocycles. The van der Waals surface area contributed by atoms with E-state index in [0.717, 1.165) is 29.4 Å². The molecule has 0 radical (unpaired) electrons. The number of nitrogens with zero attached hydrogens (tertiary/aromatic N) is 6. The molecule has 50 heavy (non-hydrogen) atoms. The van der Waals surface area contributed by atoms with Gasteiger partial charge in [-0.1, -0.05) is 106 Å². The van der Waals surface area contributed by atoms with Crippen LogP contribution in [-0.2, 0) is 16.6 Å². The molecule has 0 saturated heterocycles. The van der Waals surface area contributed by atoms with E-state index >= 15 is 0 Å². The minimum absolute atomic E-state index is 0.0668. The third kappa shape index (κ3) is 8.40. The molecule has 5 rings (SSSR count).